The average Bonchev–Trinajstić information content (AvgIpc) is 2.36. The molecular formula is C15H23NO3. The van der Waals surface area contributed by atoms with Gasteiger partial charge in [0.25, 0.3) is 0 Å². The highest BCUT2D eigenvalue weighted by molar-refractivity contribution is 5.77. The van der Waals surface area contributed by atoms with Gasteiger partial charge in [0, 0.05) is 18.6 Å². The average molecular weight is 265 g/mol. The molecule has 4 nitrogen and oxygen atoms in total. The lowest BCUT2D eigenvalue weighted by Gasteiger charge is -2.25. The first-order valence-corrected chi connectivity index (χ1v) is 6.51. The van der Waals surface area contributed by atoms with Crippen molar-refractivity contribution in [2.75, 3.05) is 13.7 Å². The van der Waals surface area contributed by atoms with Gasteiger partial charge in [0.05, 0.1) is 7.11 Å². The van der Waals surface area contributed by atoms with Crippen molar-refractivity contribution in [2.45, 2.75) is 38.6 Å². The first-order chi connectivity index (χ1) is 8.96. The molecule has 0 radical (unpaired) electrons. The lowest BCUT2D eigenvalue weighted by molar-refractivity contribution is -0.122. The third kappa shape index (κ3) is 5.75. The van der Waals surface area contributed by atoms with E-state index in [1.807, 2.05) is 38.1 Å². The summed E-state index contributed by atoms with van der Waals surface area (Å²) >= 11 is 0. The number of aliphatic hydroxyl groups is 1. The predicted octanol–water partition coefficient (Wildman–Crippen LogP) is 1.90. The summed E-state index contributed by atoms with van der Waals surface area (Å²) in [5.41, 5.74) is 0.717. The maximum atomic E-state index is 11.8. The Hall–Kier alpha value is -1.55. The first-order valence-electron chi connectivity index (χ1n) is 6.51. The van der Waals surface area contributed by atoms with Gasteiger partial charge in [0.15, 0.2) is 0 Å². The van der Waals surface area contributed by atoms with Crippen LogP contribution in [0.3, 0.4) is 0 Å². The highest BCUT2D eigenvalue weighted by Gasteiger charge is 2.19. The number of rotatable bonds is 7. The van der Waals surface area contributed by atoms with Crippen LogP contribution >= 0.6 is 0 Å². The Morgan fingerprint density at radius 3 is 2.79 bits per heavy atom. The minimum absolute atomic E-state index is 0.00118. The fourth-order valence-corrected chi connectivity index (χ4v) is 1.87. The smallest absolute Gasteiger partial charge is 0.220 e. The van der Waals surface area contributed by atoms with Crippen molar-refractivity contribution >= 4 is 5.91 Å². The fourth-order valence-electron chi connectivity index (χ4n) is 1.87. The van der Waals surface area contributed by atoms with Crippen molar-refractivity contribution in [1.29, 1.82) is 0 Å². The number of amides is 1. The molecule has 0 saturated carbocycles. The predicted molar refractivity (Wildman–Crippen MR) is 75.2 cm³/mol. The van der Waals surface area contributed by atoms with Gasteiger partial charge in [0.1, 0.15) is 5.75 Å². The molecular weight excluding hydrogens is 242 g/mol. The maximum absolute atomic E-state index is 11.8. The number of hydrogen-bond donors (Lipinski definition) is 2. The zero-order chi connectivity index (χ0) is 14.3. The van der Waals surface area contributed by atoms with Crippen LogP contribution in [0.5, 0.6) is 5.75 Å². The van der Waals surface area contributed by atoms with Crippen LogP contribution in [0.2, 0.25) is 0 Å². The molecule has 1 rings (SSSR count). The molecule has 0 fully saturated rings. The zero-order valence-corrected chi connectivity index (χ0v) is 11.9. The molecule has 0 heterocycles. The lowest BCUT2D eigenvalue weighted by atomic mass is 10.0. The van der Waals surface area contributed by atoms with E-state index in [2.05, 4.69) is 5.32 Å². The first kappa shape index (κ1) is 15.5. The van der Waals surface area contributed by atoms with Gasteiger partial charge in [-0.05, 0) is 44.4 Å². The number of carbonyl (C=O) groups excluding carboxylic acids is 1. The van der Waals surface area contributed by atoms with Gasteiger partial charge in [-0.3, -0.25) is 4.79 Å². The van der Waals surface area contributed by atoms with Crippen LogP contribution < -0.4 is 10.1 Å². The zero-order valence-electron chi connectivity index (χ0n) is 11.9. The molecule has 1 aromatic carbocycles. The van der Waals surface area contributed by atoms with Gasteiger partial charge in [-0.15, -0.1) is 0 Å². The highest BCUT2D eigenvalue weighted by Crippen LogP contribution is 2.14. The molecule has 0 aliphatic rings. The molecule has 0 aliphatic heterocycles. The number of ether oxygens (including phenoxy) is 1. The molecule has 0 spiro atoms. The van der Waals surface area contributed by atoms with Crippen LogP contribution in [0.25, 0.3) is 0 Å². The van der Waals surface area contributed by atoms with Gasteiger partial charge < -0.3 is 15.2 Å². The van der Waals surface area contributed by atoms with Crippen molar-refractivity contribution in [3.05, 3.63) is 29.8 Å². The number of benzene rings is 1. The number of carbonyl (C=O) groups is 1. The van der Waals surface area contributed by atoms with Crippen LogP contribution in [-0.2, 0) is 11.2 Å². The van der Waals surface area contributed by atoms with Crippen LogP contribution in [0.4, 0.5) is 0 Å². The van der Waals surface area contributed by atoms with Crippen LogP contribution in [0, 0.1) is 0 Å². The molecule has 19 heavy (non-hydrogen) atoms. The Kier molecular flexibility index (Phi) is 5.83. The lowest BCUT2D eigenvalue weighted by Crippen LogP contribution is -2.44. The molecule has 0 unspecified atom stereocenters. The van der Waals surface area contributed by atoms with E-state index < -0.39 is 0 Å². The third-order valence-corrected chi connectivity index (χ3v) is 2.99. The Balaban J connectivity index is 2.45. The van der Waals surface area contributed by atoms with E-state index >= 15 is 0 Å². The van der Waals surface area contributed by atoms with E-state index in [1.54, 1.807) is 7.11 Å². The highest BCUT2D eigenvalue weighted by atomic mass is 16.5. The summed E-state index contributed by atoms with van der Waals surface area (Å²) in [5.74, 6) is 0.805. The number of aryl methyl sites for hydroxylation is 1. The molecule has 0 aliphatic carbocycles. The van der Waals surface area contributed by atoms with Crippen molar-refractivity contribution in [1.82, 2.24) is 5.32 Å². The van der Waals surface area contributed by atoms with Gasteiger partial charge in [-0.2, -0.15) is 0 Å². The second-order valence-corrected chi connectivity index (χ2v) is 5.26. The Labute approximate surface area is 114 Å². The van der Waals surface area contributed by atoms with Gasteiger partial charge in [0.2, 0.25) is 5.91 Å². The SMILES string of the molecule is COc1cccc(CCC(=O)NC(C)(C)CCO)c1. The Morgan fingerprint density at radius 1 is 1.42 bits per heavy atom. The number of methoxy groups -OCH3 is 1. The molecule has 0 aromatic heterocycles. The van der Waals surface area contributed by atoms with Crippen LogP contribution in [-0.4, -0.2) is 30.3 Å². The molecule has 106 valence electrons. The van der Waals surface area contributed by atoms with Crippen LogP contribution in [0.1, 0.15) is 32.3 Å². The summed E-state index contributed by atoms with van der Waals surface area (Å²) in [6.07, 6.45) is 1.66. The second-order valence-electron chi connectivity index (χ2n) is 5.26. The quantitative estimate of drug-likeness (QED) is 0.791. The van der Waals surface area contributed by atoms with Gasteiger partial charge >= 0.3 is 0 Å². The number of hydrogen-bond acceptors (Lipinski definition) is 3. The normalized spacial score (nSPS) is 11.2. The van der Waals surface area contributed by atoms with Crippen molar-refractivity contribution in [3.63, 3.8) is 0 Å². The Morgan fingerprint density at radius 2 is 2.16 bits per heavy atom. The molecule has 0 saturated heterocycles. The minimum atomic E-state index is -0.361. The molecule has 2 N–H and O–H groups in total. The van der Waals surface area contributed by atoms with E-state index in [4.69, 9.17) is 9.84 Å². The molecule has 1 aromatic rings. The van der Waals surface area contributed by atoms with E-state index in [9.17, 15) is 4.79 Å². The molecule has 1 amide bonds. The van der Waals surface area contributed by atoms with E-state index in [-0.39, 0.29) is 18.1 Å². The third-order valence-electron chi connectivity index (χ3n) is 2.99. The van der Waals surface area contributed by atoms with Gasteiger partial charge in [-0.1, -0.05) is 12.1 Å². The number of nitrogens with one attached hydrogen (secondary N) is 1. The standard InChI is InChI=1S/C15H23NO3/c1-15(2,9-10-17)16-14(18)8-7-12-5-4-6-13(11-12)19-3/h4-6,11,17H,7-10H2,1-3H3,(H,16,18). The van der Waals surface area contributed by atoms with Crippen molar-refractivity contribution in [3.8, 4) is 5.75 Å². The number of aliphatic hydroxyl groups excluding tert-OH is 1. The largest absolute Gasteiger partial charge is 0.497 e. The molecule has 0 bridgehead atoms. The minimum Gasteiger partial charge on any atom is -0.497 e. The monoisotopic (exact) mass is 265 g/mol. The summed E-state index contributed by atoms with van der Waals surface area (Å²) in [5, 5.41) is 11.8. The van der Waals surface area contributed by atoms with Crippen molar-refractivity contribution < 1.29 is 14.6 Å². The summed E-state index contributed by atoms with van der Waals surface area (Å²) in [6.45, 7) is 3.89. The van der Waals surface area contributed by atoms with E-state index in [0.29, 0.717) is 19.3 Å². The summed E-state index contributed by atoms with van der Waals surface area (Å²) < 4.78 is 5.15. The van der Waals surface area contributed by atoms with Gasteiger partial charge in [-0.25, -0.2) is 0 Å². The van der Waals surface area contributed by atoms with Crippen molar-refractivity contribution in [2.24, 2.45) is 0 Å². The van der Waals surface area contributed by atoms with E-state index in [1.165, 1.54) is 0 Å². The molecule has 4 heteroatoms. The summed E-state index contributed by atoms with van der Waals surface area (Å²) in [6, 6.07) is 7.72. The summed E-state index contributed by atoms with van der Waals surface area (Å²) in [4.78, 5) is 11.8. The molecule has 0 atom stereocenters. The van der Waals surface area contributed by atoms with E-state index in [0.717, 1.165) is 11.3 Å². The second kappa shape index (κ2) is 7.14. The Bertz CT molecular complexity index is 416. The maximum Gasteiger partial charge on any atom is 0.220 e. The topological polar surface area (TPSA) is 58.6 Å². The fraction of sp³-hybridized carbons (Fsp3) is 0.533. The summed E-state index contributed by atoms with van der Waals surface area (Å²) in [7, 11) is 1.63. The van der Waals surface area contributed by atoms with Crippen LogP contribution in [0.15, 0.2) is 24.3 Å².